The Balaban J connectivity index is 2.55. The number of aryl methyl sites for hydroxylation is 3. The fourth-order valence-corrected chi connectivity index (χ4v) is 2.05. The molecule has 98 valence electrons. The van der Waals surface area contributed by atoms with Crippen LogP contribution in [0, 0.1) is 20.8 Å². The third-order valence-electron chi connectivity index (χ3n) is 3.20. The van der Waals surface area contributed by atoms with E-state index < -0.39 is 0 Å². The average molecular weight is 254 g/mol. The Bertz CT molecular complexity index is 651. The smallest absolute Gasteiger partial charge is 0.143 e. The number of hydrogen-bond acceptors (Lipinski definition) is 2. The number of aldehydes is 1. The average Bonchev–Trinajstić information content (AvgIpc) is 2.75. The van der Waals surface area contributed by atoms with Gasteiger partial charge in [0.15, 0.2) is 0 Å². The van der Waals surface area contributed by atoms with Crippen molar-refractivity contribution in [1.82, 2.24) is 9.78 Å². The summed E-state index contributed by atoms with van der Waals surface area (Å²) in [6, 6.07) is 8.31. The molecule has 3 nitrogen and oxygen atoms in total. The first-order valence-corrected chi connectivity index (χ1v) is 6.29. The summed E-state index contributed by atoms with van der Waals surface area (Å²) in [5.41, 5.74) is 6.25. The van der Waals surface area contributed by atoms with E-state index in [1.807, 2.05) is 24.6 Å². The fourth-order valence-electron chi connectivity index (χ4n) is 2.05. The number of carbonyl (C=O) groups excluding carboxylic acids is 1. The highest BCUT2D eigenvalue weighted by Gasteiger charge is 2.09. The summed E-state index contributed by atoms with van der Waals surface area (Å²) >= 11 is 0. The normalized spacial score (nSPS) is 11.7. The van der Waals surface area contributed by atoms with Gasteiger partial charge in [-0.2, -0.15) is 5.10 Å². The summed E-state index contributed by atoms with van der Waals surface area (Å²) in [7, 11) is 0. The number of allylic oxidation sites excluding steroid dienone is 2. The van der Waals surface area contributed by atoms with E-state index in [1.54, 1.807) is 0 Å². The monoisotopic (exact) mass is 254 g/mol. The maximum atomic E-state index is 10.5. The van der Waals surface area contributed by atoms with E-state index in [0.29, 0.717) is 0 Å². The van der Waals surface area contributed by atoms with Gasteiger partial charge in [-0.05, 0) is 62.6 Å². The number of benzene rings is 1. The molecule has 0 aliphatic rings. The van der Waals surface area contributed by atoms with Crippen LogP contribution in [0.3, 0.4) is 0 Å². The predicted molar refractivity (Wildman–Crippen MR) is 77.5 cm³/mol. The Morgan fingerprint density at radius 2 is 1.95 bits per heavy atom. The van der Waals surface area contributed by atoms with Gasteiger partial charge < -0.3 is 0 Å². The number of rotatable bonds is 3. The number of carbonyl (C=O) groups is 1. The minimum atomic E-state index is 0.793. The van der Waals surface area contributed by atoms with Crippen molar-refractivity contribution in [2.75, 3.05) is 0 Å². The second-order valence-electron chi connectivity index (χ2n) is 4.86. The molecule has 0 radical (unpaired) electrons. The second kappa shape index (κ2) is 5.22. The van der Waals surface area contributed by atoms with Crippen LogP contribution in [-0.4, -0.2) is 16.1 Å². The Morgan fingerprint density at radius 3 is 2.63 bits per heavy atom. The van der Waals surface area contributed by atoms with Crippen LogP contribution in [0.2, 0.25) is 0 Å². The number of hydrogen-bond donors (Lipinski definition) is 0. The second-order valence-corrected chi connectivity index (χ2v) is 4.86. The van der Waals surface area contributed by atoms with Crippen LogP contribution in [0.25, 0.3) is 11.3 Å². The molecule has 19 heavy (non-hydrogen) atoms. The molecule has 1 heterocycles. The van der Waals surface area contributed by atoms with Crippen LogP contribution in [0.1, 0.15) is 29.4 Å². The van der Waals surface area contributed by atoms with Gasteiger partial charge in [-0.3, -0.25) is 4.79 Å². The minimum absolute atomic E-state index is 0.793. The van der Waals surface area contributed by atoms with Gasteiger partial charge in [0.05, 0.1) is 11.4 Å². The molecule has 1 aromatic carbocycles. The largest absolute Gasteiger partial charge is 0.299 e. The lowest BCUT2D eigenvalue weighted by atomic mass is 10.1. The molecule has 0 fully saturated rings. The predicted octanol–water partition coefficient (Wildman–Crippen LogP) is 3.40. The summed E-state index contributed by atoms with van der Waals surface area (Å²) in [5, 5.41) is 4.59. The molecule has 2 aromatic rings. The van der Waals surface area contributed by atoms with E-state index in [1.165, 1.54) is 17.2 Å². The van der Waals surface area contributed by atoms with Crippen molar-refractivity contribution < 1.29 is 4.79 Å². The molecular weight excluding hydrogens is 236 g/mol. The van der Waals surface area contributed by atoms with Crippen molar-refractivity contribution in [3.8, 4) is 5.69 Å². The number of aromatic nitrogens is 2. The lowest BCUT2D eigenvalue weighted by Crippen LogP contribution is -2.02. The minimum Gasteiger partial charge on any atom is -0.299 e. The van der Waals surface area contributed by atoms with Crippen LogP contribution >= 0.6 is 0 Å². The molecule has 0 aliphatic carbocycles. The topological polar surface area (TPSA) is 34.9 Å². The third kappa shape index (κ3) is 2.65. The zero-order valence-corrected chi connectivity index (χ0v) is 11.8. The van der Waals surface area contributed by atoms with Crippen LogP contribution in [-0.2, 0) is 4.79 Å². The van der Waals surface area contributed by atoms with E-state index in [2.05, 4.69) is 37.1 Å². The van der Waals surface area contributed by atoms with E-state index in [9.17, 15) is 4.79 Å². The van der Waals surface area contributed by atoms with E-state index >= 15 is 0 Å². The quantitative estimate of drug-likeness (QED) is 0.621. The zero-order chi connectivity index (χ0) is 14.0. The molecule has 0 saturated heterocycles. The van der Waals surface area contributed by atoms with Gasteiger partial charge in [-0.25, -0.2) is 4.68 Å². The summed E-state index contributed by atoms with van der Waals surface area (Å²) in [5.74, 6) is 0. The molecule has 0 amide bonds. The Kier molecular flexibility index (Phi) is 3.65. The van der Waals surface area contributed by atoms with Crippen LogP contribution in [0.15, 0.2) is 30.3 Å². The molecule has 0 saturated carbocycles. The molecule has 0 spiro atoms. The van der Waals surface area contributed by atoms with Gasteiger partial charge in [-0.1, -0.05) is 12.1 Å². The molecule has 0 bridgehead atoms. The van der Waals surface area contributed by atoms with Crippen molar-refractivity contribution in [2.24, 2.45) is 0 Å². The van der Waals surface area contributed by atoms with Crippen molar-refractivity contribution in [1.29, 1.82) is 0 Å². The highest BCUT2D eigenvalue weighted by atomic mass is 16.1. The summed E-state index contributed by atoms with van der Waals surface area (Å²) in [6.45, 7) is 8.06. The Hall–Kier alpha value is -2.16. The lowest BCUT2D eigenvalue weighted by molar-refractivity contribution is -0.104. The van der Waals surface area contributed by atoms with E-state index in [-0.39, 0.29) is 0 Å². The maximum absolute atomic E-state index is 10.5. The number of nitrogens with zero attached hydrogens (tertiary/aromatic N) is 2. The molecule has 0 atom stereocenters. The molecular formula is C16H18N2O. The molecule has 0 aliphatic heterocycles. The molecule has 0 N–H and O–H groups in total. The van der Waals surface area contributed by atoms with Crippen LogP contribution in [0.5, 0.6) is 0 Å². The van der Waals surface area contributed by atoms with Gasteiger partial charge in [0.25, 0.3) is 0 Å². The van der Waals surface area contributed by atoms with Crippen molar-refractivity contribution in [3.63, 3.8) is 0 Å². The first-order chi connectivity index (χ1) is 9.02. The highest BCUT2D eigenvalue weighted by molar-refractivity contribution is 5.79. The van der Waals surface area contributed by atoms with Gasteiger partial charge in [0.1, 0.15) is 6.29 Å². The Morgan fingerprint density at radius 1 is 1.21 bits per heavy atom. The highest BCUT2D eigenvalue weighted by Crippen LogP contribution is 2.20. The standard InChI is InChI=1S/C16H18N2O/c1-11-5-6-13(3)16(9-11)18-14(4)10-15(17-18)12(2)7-8-19/h5-10H,1-4H3/b12-7-. The van der Waals surface area contributed by atoms with Gasteiger partial charge in [-0.15, -0.1) is 0 Å². The summed E-state index contributed by atoms with van der Waals surface area (Å²) in [6.07, 6.45) is 2.33. The van der Waals surface area contributed by atoms with Gasteiger partial charge >= 0.3 is 0 Å². The summed E-state index contributed by atoms with van der Waals surface area (Å²) in [4.78, 5) is 10.5. The fraction of sp³-hybridized carbons (Fsp3) is 0.250. The SMILES string of the molecule is C/C(=C/C=O)c1cc(C)n(-c2cc(C)ccc2C)n1. The summed E-state index contributed by atoms with van der Waals surface area (Å²) < 4.78 is 1.93. The molecule has 1 aromatic heterocycles. The maximum Gasteiger partial charge on any atom is 0.143 e. The first-order valence-electron chi connectivity index (χ1n) is 6.29. The van der Waals surface area contributed by atoms with Gasteiger partial charge in [0.2, 0.25) is 0 Å². The van der Waals surface area contributed by atoms with Crippen LogP contribution < -0.4 is 0 Å². The molecule has 0 unspecified atom stereocenters. The van der Waals surface area contributed by atoms with Gasteiger partial charge in [0, 0.05) is 5.69 Å². The van der Waals surface area contributed by atoms with E-state index in [4.69, 9.17) is 0 Å². The van der Waals surface area contributed by atoms with Crippen molar-refractivity contribution >= 4 is 11.9 Å². The Labute approximate surface area is 113 Å². The molecule has 3 heteroatoms. The van der Waals surface area contributed by atoms with Crippen molar-refractivity contribution in [2.45, 2.75) is 27.7 Å². The first kappa shape index (κ1) is 13.3. The van der Waals surface area contributed by atoms with E-state index in [0.717, 1.165) is 28.9 Å². The molecule has 2 rings (SSSR count). The van der Waals surface area contributed by atoms with Crippen LogP contribution in [0.4, 0.5) is 0 Å². The van der Waals surface area contributed by atoms with Crippen molar-refractivity contribution in [3.05, 3.63) is 52.9 Å². The third-order valence-corrected chi connectivity index (χ3v) is 3.20. The lowest BCUT2D eigenvalue weighted by Gasteiger charge is -2.09. The zero-order valence-electron chi connectivity index (χ0n) is 11.8.